The minimum Gasteiger partial charge on any atom is -0.323 e. The summed E-state index contributed by atoms with van der Waals surface area (Å²) in [5, 5.41) is 9.01. The number of nitriles is 1. The summed E-state index contributed by atoms with van der Waals surface area (Å²) < 4.78 is 0. The van der Waals surface area contributed by atoms with Gasteiger partial charge in [0, 0.05) is 18.4 Å². The van der Waals surface area contributed by atoms with E-state index >= 15 is 0 Å². The number of pyridine rings is 1. The Morgan fingerprint density at radius 1 is 1.69 bits per heavy atom. The zero-order valence-corrected chi connectivity index (χ0v) is 9.90. The maximum Gasteiger partial charge on any atom is 0.258 e. The van der Waals surface area contributed by atoms with Gasteiger partial charge in [-0.2, -0.15) is 5.26 Å². The molecule has 0 radical (unpaired) electrons. The average molecular weight is 238 g/mol. The molecule has 16 heavy (non-hydrogen) atoms. The number of hydrogen-bond acceptors (Lipinski definition) is 3. The lowest BCUT2D eigenvalue weighted by Gasteiger charge is -2.23. The topological polar surface area (TPSA) is 57.0 Å². The van der Waals surface area contributed by atoms with Crippen LogP contribution in [0.25, 0.3) is 0 Å². The Kier molecular flexibility index (Phi) is 4.27. The molecule has 0 bridgehead atoms. The highest BCUT2D eigenvalue weighted by Gasteiger charge is 2.20. The zero-order chi connectivity index (χ0) is 12.1. The maximum atomic E-state index is 12.0. The number of aromatic nitrogens is 1. The molecular weight excluding hydrogens is 226 g/mol. The minimum absolute atomic E-state index is 0.0434. The summed E-state index contributed by atoms with van der Waals surface area (Å²) in [5.41, 5.74) is 0.327. The van der Waals surface area contributed by atoms with Gasteiger partial charge in [0.05, 0.1) is 16.7 Å². The quantitative estimate of drug-likeness (QED) is 0.757. The number of carbonyl (C=O) groups excluding carboxylic acids is 1. The molecule has 84 valence electrons. The lowest BCUT2D eigenvalue weighted by Crippen LogP contribution is -2.37. The Morgan fingerprint density at radius 2 is 2.38 bits per heavy atom. The monoisotopic (exact) mass is 237 g/mol. The fourth-order valence-electron chi connectivity index (χ4n) is 1.25. The van der Waals surface area contributed by atoms with Crippen LogP contribution in [0.1, 0.15) is 24.2 Å². The summed E-state index contributed by atoms with van der Waals surface area (Å²) in [6.07, 6.45) is 2.93. The molecule has 0 aliphatic heterocycles. The third kappa shape index (κ3) is 2.71. The van der Waals surface area contributed by atoms with Crippen LogP contribution in [0.3, 0.4) is 0 Å². The average Bonchev–Trinajstić information content (AvgIpc) is 2.25. The normalized spacial score (nSPS) is 9.94. The number of carbonyl (C=O) groups is 1. The highest BCUT2D eigenvalue weighted by atomic mass is 35.5. The van der Waals surface area contributed by atoms with Crippen molar-refractivity contribution in [3.8, 4) is 6.07 Å². The molecule has 1 heterocycles. The first-order chi connectivity index (χ1) is 7.57. The molecular formula is C11H12ClN3O. The standard InChI is InChI=1S/C11H12ClN3O/c1-8(2)15(6-4-13)11(16)9-7-14-5-3-10(9)12/h3,5,7-8H,6H2,1-2H3. The smallest absolute Gasteiger partial charge is 0.258 e. The molecule has 5 heteroatoms. The third-order valence-electron chi connectivity index (χ3n) is 2.12. The van der Waals surface area contributed by atoms with Gasteiger partial charge in [0.15, 0.2) is 0 Å². The van der Waals surface area contributed by atoms with Gasteiger partial charge in [-0.05, 0) is 19.9 Å². The molecule has 1 aromatic rings. The van der Waals surface area contributed by atoms with E-state index in [0.717, 1.165) is 0 Å². The molecule has 0 N–H and O–H groups in total. The van der Waals surface area contributed by atoms with Crippen molar-refractivity contribution < 1.29 is 4.79 Å². The predicted molar refractivity (Wildman–Crippen MR) is 61.0 cm³/mol. The van der Waals surface area contributed by atoms with Gasteiger partial charge in [0.1, 0.15) is 6.54 Å². The summed E-state index contributed by atoms with van der Waals surface area (Å²) >= 11 is 5.90. The van der Waals surface area contributed by atoms with E-state index in [0.29, 0.717) is 10.6 Å². The Balaban J connectivity index is 3.01. The molecule has 0 aliphatic carbocycles. The lowest BCUT2D eigenvalue weighted by atomic mass is 10.2. The molecule has 1 amide bonds. The summed E-state index contributed by atoms with van der Waals surface area (Å²) in [5.74, 6) is -0.269. The van der Waals surface area contributed by atoms with E-state index in [1.165, 1.54) is 17.3 Å². The van der Waals surface area contributed by atoms with E-state index in [1.807, 2.05) is 19.9 Å². The number of amides is 1. The minimum atomic E-state index is -0.269. The van der Waals surface area contributed by atoms with Gasteiger partial charge in [-0.15, -0.1) is 0 Å². The van der Waals surface area contributed by atoms with Gasteiger partial charge in [0.25, 0.3) is 5.91 Å². The Hall–Kier alpha value is -1.60. The first-order valence-corrected chi connectivity index (χ1v) is 5.23. The van der Waals surface area contributed by atoms with Crippen LogP contribution in [0.5, 0.6) is 0 Å². The van der Waals surface area contributed by atoms with E-state index in [9.17, 15) is 4.79 Å². The summed E-state index contributed by atoms with van der Waals surface area (Å²) in [6.45, 7) is 3.74. The van der Waals surface area contributed by atoms with E-state index in [-0.39, 0.29) is 18.5 Å². The molecule has 4 nitrogen and oxygen atoms in total. The van der Waals surface area contributed by atoms with Crippen LogP contribution in [-0.4, -0.2) is 28.4 Å². The molecule has 0 spiro atoms. The van der Waals surface area contributed by atoms with Crippen LogP contribution in [0, 0.1) is 11.3 Å². The highest BCUT2D eigenvalue weighted by molar-refractivity contribution is 6.33. The Labute approximate surface area is 99.5 Å². The number of halogens is 1. The highest BCUT2D eigenvalue weighted by Crippen LogP contribution is 2.16. The second kappa shape index (κ2) is 5.47. The second-order valence-electron chi connectivity index (χ2n) is 3.54. The van der Waals surface area contributed by atoms with Crippen LogP contribution in [0.15, 0.2) is 18.5 Å². The van der Waals surface area contributed by atoms with Crippen molar-refractivity contribution in [2.45, 2.75) is 19.9 Å². The van der Waals surface area contributed by atoms with E-state index < -0.39 is 0 Å². The van der Waals surface area contributed by atoms with E-state index in [2.05, 4.69) is 4.98 Å². The second-order valence-corrected chi connectivity index (χ2v) is 3.95. The van der Waals surface area contributed by atoms with Gasteiger partial charge in [-0.1, -0.05) is 11.6 Å². The molecule has 0 fully saturated rings. The van der Waals surface area contributed by atoms with Crippen LogP contribution in [0.4, 0.5) is 0 Å². The number of nitrogens with zero attached hydrogens (tertiary/aromatic N) is 3. The van der Waals surface area contributed by atoms with Crippen molar-refractivity contribution in [1.29, 1.82) is 5.26 Å². The van der Waals surface area contributed by atoms with Crippen molar-refractivity contribution in [2.75, 3.05) is 6.54 Å². The van der Waals surface area contributed by atoms with Crippen LogP contribution >= 0.6 is 11.6 Å². The van der Waals surface area contributed by atoms with Crippen molar-refractivity contribution in [3.05, 3.63) is 29.0 Å². The zero-order valence-electron chi connectivity index (χ0n) is 9.14. The van der Waals surface area contributed by atoms with Crippen molar-refractivity contribution in [3.63, 3.8) is 0 Å². The Morgan fingerprint density at radius 3 is 2.88 bits per heavy atom. The Bertz CT molecular complexity index is 425. The molecule has 1 aromatic heterocycles. The molecule has 0 saturated heterocycles. The summed E-state index contributed by atoms with van der Waals surface area (Å²) in [7, 11) is 0. The van der Waals surface area contributed by atoms with Crippen LogP contribution < -0.4 is 0 Å². The fraction of sp³-hybridized carbons (Fsp3) is 0.364. The molecule has 0 aromatic carbocycles. The van der Waals surface area contributed by atoms with Gasteiger partial charge < -0.3 is 4.90 Å². The SMILES string of the molecule is CC(C)N(CC#N)C(=O)c1cnccc1Cl. The molecule has 0 saturated carbocycles. The van der Waals surface area contributed by atoms with Crippen LogP contribution in [0.2, 0.25) is 5.02 Å². The van der Waals surface area contributed by atoms with Crippen molar-refractivity contribution >= 4 is 17.5 Å². The summed E-state index contributed by atoms with van der Waals surface area (Å²) in [4.78, 5) is 17.3. The number of hydrogen-bond donors (Lipinski definition) is 0. The molecule has 0 aliphatic rings. The third-order valence-corrected chi connectivity index (χ3v) is 2.45. The first-order valence-electron chi connectivity index (χ1n) is 4.85. The molecule has 1 rings (SSSR count). The predicted octanol–water partition coefficient (Wildman–Crippen LogP) is 2.11. The lowest BCUT2D eigenvalue weighted by molar-refractivity contribution is 0.0731. The fourth-order valence-corrected chi connectivity index (χ4v) is 1.44. The molecule has 0 unspecified atom stereocenters. The first kappa shape index (κ1) is 12.5. The number of rotatable bonds is 3. The largest absolute Gasteiger partial charge is 0.323 e. The summed E-state index contributed by atoms with van der Waals surface area (Å²) in [6, 6.07) is 3.46. The van der Waals surface area contributed by atoms with E-state index in [4.69, 9.17) is 16.9 Å². The van der Waals surface area contributed by atoms with Gasteiger partial charge in [-0.3, -0.25) is 9.78 Å². The van der Waals surface area contributed by atoms with Crippen molar-refractivity contribution in [1.82, 2.24) is 9.88 Å². The van der Waals surface area contributed by atoms with Gasteiger partial charge >= 0.3 is 0 Å². The molecule has 0 atom stereocenters. The van der Waals surface area contributed by atoms with Crippen LogP contribution in [-0.2, 0) is 0 Å². The van der Waals surface area contributed by atoms with Gasteiger partial charge in [-0.25, -0.2) is 0 Å². The maximum absolute atomic E-state index is 12.0. The van der Waals surface area contributed by atoms with Crippen molar-refractivity contribution in [2.24, 2.45) is 0 Å². The van der Waals surface area contributed by atoms with Gasteiger partial charge in [0.2, 0.25) is 0 Å². The van der Waals surface area contributed by atoms with E-state index in [1.54, 1.807) is 6.07 Å².